The summed E-state index contributed by atoms with van der Waals surface area (Å²) in [6.45, 7) is 14.6. The molecule has 0 bridgehead atoms. The first-order valence-corrected chi connectivity index (χ1v) is 43.4. The van der Waals surface area contributed by atoms with Gasteiger partial charge in [-0.05, 0) is 241 Å². The molecule has 130 heavy (non-hydrogen) atoms. The van der Waals surface area contributed by atoms with Crippen molar-refractivity contribution in [2.45, 2.75) is 105 Å². The molecule has 1 saturated carbocycles. The van der Waals surface area contributed by atoms with Crippen molar-refractivity contribution in [3.05, 3.63) is 334 Å². The van der Waals surface area contributed by atoms with E-state index in [4.69, 9.17) is 39.1 Å². The Kier molecular flexibility index (Phi) is 25.7. The van der Waals surface area contributed by atoms with E-state index >= 15 is 0 Å². The average molecular weight is 1760 g/mol. The molecule has 0 radical (unpaired) electrons. The van der Waals surface area contributed by atoms with E-state index in [-0.39, 0.29) is 65.2 Å². The molecule has 28 nitrogen and oxygen atoms in total. The summed E-state index contributed by atoms with van der Waals surface area (Å²) in [5.74, 6) is 3.46. The van der Waals surface area contributed by atoms with Gasteiger partial charge in [-0.15, -0.1) is 11.3 Å². The number of rotatable bonds is 18. The molecule has 5 aliphatic rings. The number of nitrogens with zero attached hydrogens (tertiary/aromatic N) is 16. The minimum absolute atomic E-state index is 0.00439. The highest BCUT2D eigenvalue weighted by atomic mass is 32.1. The first-order valence-electron chi connectivity index (χ1n) is 41.6. The van der Waals surface area contributed by atoms with E-state index in [9.17, 15) is 39.0 Å². The maximum atomic E-state index is 13.3. The maximum Gasteiger partial charge on any atom is 0.373 e. The van der Waals surface area contributed by atoms with Gasteiger partial charge in [0.15, 0.2) is 23.3 Å². The predicted molar refractivity (Wildman–Crippen MR) is 491 cm³/mol. The van der Waals surface area contributed by atoms with E-state index in [1.807, 2.05) is 180 Å². The number of imidazole rings is 4. The first-order chi connectivity index (χ1) is 63.1. The van der Waals surface area contributed by atoms with E-state index in [2.05, 4.69) is 117 Å². The Hall–Kier alpha value is -16.3. The number of carbonyl (C=O) groups is 6. The molecule has 21 rings (SSSR count). The Morgan fingerprint density at radius 2 is 0.685 bits per heavy atom. The van der Waals surface area contributed by atoms with Crippen LogP contribution in [0.3, 0.4) is 0 Å². The molecule has 2 N–H and O–H groups in total. The Balaban J connectivity index is 0.000000124. The maximum absolute atomic E-state index is 13.3. The van der Waals surface area contributed by atoms with Gasteiger partial charge in [-0.25, -0.2) is 49.5 Å². The van der Waals surface area contributed by atoms with Gasteiger partial charge in [-0.3, -0.25) is 38.8 Å². The third-order valence-electron chi connectivity index (χ3n) is 22.4. The third kappa shape index (κ3) is 18.4. The monoisotopic (exact) mass is 1760 g/mol. The number of aromatic carboxylic acids is 2. The van der Waals surface area contributed by atoms with Crippen LogP contribution in [-0.2, 0) is 45.4 Å². The molecule has 646 valence electrons. The SMILES string of the molecule is CC(C)n1ccnc1-c1cccc(N2Cc3ccc(-c4cccc(C(=O)O)c4)cc3C2=O)n1.CC(C)n1ccnc1-c1cccc(N2Cc3ccc(-c4cccs4)cc3C2=O)n1.CC(C)n1ccnc1-c1cccc(N2Cc3ccc(-c4ccsc4)cc3C2=O)n1.O=C(O)c1cccc(-c2ccc3c(c2)C(=O)N(c2cccc(-c4nccn4C4CC4)n2)C3)c1.O=C=O.O=C=O. The lowest BCUT2D eigenvalue weighted by Gasteiger charge is -2.16. The Morgan fingerprint density at radius 3 is 1.02 bits per heavy atom. The fourth-order valence-corrected chi connectivity index (χ4v) is 17.3. The fourth-order valence-electron chi connectivity index (χ4n) is 15.9. The van der Waals surface area contributed by atoms with E-state index < -0.39 is 11.9 Å². The van der Waals surface area contributed by atoms with Crippen molar-refractivity contribution in [2.24, 2.45) is 0 Å². The quantitative estimate of drug-likeness (QED) is 0.0805. The molecule has 0 spiro atoms. The van der Waals surface area contributed by atoms with Crippen molar-refractivity contribution in [1.82, 2.24) is 58.1 Å². The standard InChI is InChI=1S/C26H20N4O3.C26H22N4O3.2C23H20N4OS.2CO2/c31-25-21-14-17(16-3-1-4-18(13-16)26(32)33)7-8-19(21)15-30(25)23-6-2-5-22(28-23)24-27-11-12-29(24)20-9-10-20;1-16(2)29-12-11-27-24(29)22-7-4-8-23(28-22)30-15-20-10-9-18(14-21(20)25(30)31)17-5-3-6-19(13-17)26(32)33;1-15(2)26-11-10-24-22(26)19-5-3-7-21(25-19)27-14-17-9-8-16(13-18(17)23(27)28)20-6-4-12-29-20;1-15(2)26-10-9-24-22(26)20-4-3-5-21(25-20)27-13-17-7-6-16(12-19(17)23(27)28)18-8-11-29-14-18;2*2-1-3/h1-8,11-14,20H,9-10,15H2,(H,32,33);3-14,16H,15H2,1-2H3,(H,32,33);3-13,15H,14H2,1-2H3;3-12,14-15H,13H2,1-2H3;;. The highest BCUT2D eigenvalue weighted by Gasteiger charge is 2.36. The number of thiophene rings is 2. The lowest BCUT2D eigenvalue weighted by molar-refractivity contribution is -0.193. The molecule has 6 aromatic carbocycles. The normalized spacial score (nSPS) is 13.2. The van der Waals surface area contributed by atoms with Crippen LogP contribution >= 0.6 is 22.7 Å². The summed E-state index contributed by atoms with van der Waals surface area (Å²) in [5, 5.41) is 24.8. The summed E-state index contributed by atoms with van der Waals surface area (Å²) in [6.07, 6.45) is 17.7. The number of carboxylic acid groups (broad SMARTS) is 2. The molecule has 0 unspecified atom stereocenters. The highest BCUT2D eigenvalue weighted by Crippen LogP contribution is 2.41. The Morgan fingerprint density at radius 1 is 0.362 bits per heavy atom. The molecule has 14 heterocycles. The fraction of sp³-hybridized carbons (Fsp3) is 0.160. The first kappa shape index (κ1) is 87.2. The van der Waals surface area contributed by atoms with Gasteiger partial charge in [0.2, 0.25) is 0 Å². The molecule has 1 fully saturated rings. The van der Waals surface area contributed by atoms with Crippen molar-refractivity contribution in [3.8, 4) is 89.9 Å². The van der Waals surface area contributed by atoms with Gasteiger partial charge in [0, 0.05) is 101 Å². The number of benzene rings is 6. The molecule has 1 aliphatic carbocycles. The number of fused-ring (bicyclic) bond motifs is 4. The van der Waals surface area contributed by atoms with Crippen LogP contribution in [0.25, 0.3) is 89.9 Å². The van der Waals surface area contributed by atoms with Gasteiger partial charge in [-0.2, -0.15) is 30.5 Å². The number of carbonyl (C=O) groups excluding carboxylic acids is 8. The average Bonchev–Trinajstić information content (AvgIpc) is 1.64. The largest absolute Gasteiger partial charge is 0.478 e. The summed E-state index contributed by atoms with van der Waals surface area (Å²) >= 11 is 3.33. The zero-order chi connectivity index (χ0) is 91.0. The molecule has 16 aromatic rings. The van der Waals surface area contributed by atoms with Gasteiger partial charge in [0.1, 0.15) is 46.0 Å². The molecular weight excluding hydrogens is 1680 g/mol. The second kappa shape index (κ2) is 38.3. The van der Waals surface area contributed by atoms with Gasteiger partial charge in [0.25, 0.3) is 23.6 Å². The molecule has 30 heteroatoms. The zero-order valence-electron chi connectivity index (χ0n) is 71.1. The number of aromatic nitrogens is 12. The van der Waals surface area contributed by atoms with Crippen LogP contribution in [0.15, 0.2) is 278 Å². The predicted octanol–water partition coefficient (Wildman–Crippen LogP) is 19.5. The van der Waals surface area contributed by atoms with Crippen molar-refractivity contribution in [2.75, 3.05) is 19.6 Å². The van der Waals surface area contributed by atoms with Gasteiger partial charge in [0.05, 0.1) is 37.3 Å². The van der Waals surface area contributed by atoms with Crippen molar-refractivity contribution >= 4 is 93.8 Å². The zero-order valence-corrected chi connectivity index (χ0v) is 72.7. The summed E-state index contributed by atoms with van der Waals surface area (Å²) in [7, 11) is 0. The number of carboxylic acids is 2. The lowest BCUT2D eigenvalue weighted by Crippen LogP contribution is -2.24. The molecule has 0 saturated heterocycles. The van der Waals surface area contributed by atoms with Crippen molar-refractivity contribution < 1.29 is 58.2 Å². The minimum atomic E-state index is -0.982. The summed E-state index contributed by atoms with van der Waals surface area (Å²) in [6, 6.07) is 67.3. The minimum Gasteiger partial charge on any atom is -0.478 e. The smallest absolute Gasteiger partial charge is 0.373 e. The van der Waals surface area contributed by atoms with Crippen LogP contribution in [0.1, 0.15) is 163 Å². The van der Waals surface area contributed by atoms with Gasteiger partial charge in [-0.1, -0.05) is 103 Å². The highest BCUT2D eigenvalue weighted by molar-refractivity contribution is 7.13. The third-order valence-corrected chi connectivity index (χ3v) is 24.0. The molecule has 10 aromatic heterocycles. The van der Waals surface area contributed by atoms with Crippen molar-refractivity contribution in [3.63, 3.8) is 0 Å². The van der Waals surface area contributed by atoms with Crippen LogP contribution in [0.2, 0.25) is 0 Å². The van der Waals surface area contributed by atoms with Crippen molar-refractivity contribution in [1.29, 1.82) is 0 Å². The van der Waals surface area contributed by atoms with E-state index in [0.717, 1.165) is 126 Å². The van der Waals surface area contributed by atoms with Gasteiger partial charge >= 0.3 is 24.2 Å². The van der Waals surface area contributed by atoms with Crippen LogP contribution < -0.4 is 19.6 Å². The molecular formula is C100H82N16O12S2. The molecule has 4 aliphatic heterocycles. The van der Waals surface area contributed by atoms with Crippen LogP contribution in [0, 0.1) is 0 Å². The number of amides is 4. The second-order valence-corrected chi connectivity index (χ2v) is 33.4. The lowest BCUT2D eigenvalue weighted by atomic mass is 9.99. The summed E-state index contributed by atoms with van der Waals surface area (Å²) in [5.41, 5.74) is 16.4. The summed E-state index contributed by atoms with van der Waals surface area (Å²) < 4.78 is 8.37. The van der Waals surface area contributed by atoms with E-state index in [1.54, 1.807) is 103 Å². The number of anilines is 4. The Labute approximate surface area is 753 Å². The van der Waals surface area contributed by atoms with E-state index in [0.29, 0.717) is 72.3 Å². The van der Waals surface area contributed by atoms with Crippen LogP contribution in [0.5, 0.6) is 0 Å². The number of hydrogen-bond donors (Lipinski definition) is 2. The van der Waals surface area contributed by atoms with Crippen LogP contribution in [-0.4, -0.2) is 116 Å². The second-order valence-electron chi connectivity index (χ2n) is 31.6. The molecule has 0 atom stereocenters. The number of hydrogen-bond acceptors (Lipinski definition) is 20. The Bertz CT molecular complexity index is 6650. The number of pyridine rings is 4. The van der Waals surface area contributed by atoms with E-state index in [1.165, 1.54) is 4.88 Å². The summed E-state index contributed by atoms with van der Waals surface area (Å²) in [4.78, 5) is 153. The molecule has 4 amide bonds. The van der Waals surface area contributed by atoms with Crippen LogP contribution in [0.4, 0.5) is 23.3 Å². The topological polar surface area (TPSA) is 347 Å². The van der Waals surface area contributed by atoms with Gasteiger partial charge < -0.3 is 28.5 Å².